The summed E-state index contributed by atoms with van der Waals surface area (Å²) in [6, 6.07) is 0.644. The molecular formula is C8H17N3O2S2. The van der Waals surface area contributed by atoms with E-state index in [2.05, 4.69) is 21.8 Å². The fourth-order valence-electron chi connectivity index (χ4n) is 1.31. The van der Waals surface area contributed by atoms with E-state index < -0.39 is 10.0 Å². The first-order valence-electron chi connectivity index (χ1n) is 4.86. The average Bonchev–Trinajstić information content (AvgIpc) is 2.82. The van der Waals surface area contributed by atoms with Crippen LogP contribution >= 0.6 is 12.2 Å². The summed E-state index contributed by atoms with van der Waals surface area (Å²) in [5, 5.41) is 0. The standard InChI is InChI=1S/C8H17N3O2S2/c1-11(7-2-3-7)5-4-10-15(12,13)6-8(9)14/h7,10H,2-6H2,1H3,(H2,9,14). The summed E-state index contributed by atoms with van der Waals surface area (Å²) in [6.07, 6.45) is 2.44. The Labute approximate surface area is 96.1 Å². The van der Waals surface area contributed by atoms with Crippen molar-refractivity contribution < 1.29 is 8.42 Å². The molecule has 0 aromatic rings. The molecule has 5 nitrogen and oxygen atoms in total. The number of sulfonamides is 1. The lowest BCUT2D eigenvalue weighted by molar-refractivity contribution is 0.329. The largest absolute Gasteiger partial charge is 0.392 e. The molecule has 1 saturated carbocycles. The van der Waals surface area contributed by atoms with Crippen LogP contribution in [0, 0.1) is 0 Å². The lowest BCUT2D eigenvalue weighted by Crippen LogP contribution is -2.37. The molecule has 0 unspecified atom stereocenters. The minimum atomic E-state index is -3.32. The summed E-state index contributed by atoms with van der Waals surface area (Å²) in [4.78, 5) is 2.15. The van der Waals surface area contributed by atoms with Gasteiger partial charge < -0.3 is 10.6 Å². The van der Waals surface area contributed by atoms with E-state index >= 15 is 0 Å². The third-order valence-electron chi connectivity index (χ3n) is 2.29. The maximum atomic E-state index is 11.3. The summed E-state index contributed by atoms with van der Waals surface area (Å²) in [6.45, 7) is 1.14. The molecule has 1 rings (SSSR count). The molecule has 0 aromatic heterocycles. The molecule has 1 aliphatic carbocycles. The van der Waals surface area contributed by atoms with Crippen LogP contribution in [0.5, 0.6) is 0 Å². The molecule has 0 heterocycles. The second-order valence-corrected chi connectivity index (χ2v) is 6.16. The van der Waals surface area contributed by atoms with E-state index in [-0.39, 0.29) is 10.7 Å². The van der Waals surface area contributed by atoms with Crippen molar-refractivity contribution in [1.29, 1.82) is 0 Å². The predicted octanol–water partition coefficient (Wildman–Crippen LogP) is -0.714. The van der Waals surface area contributed by atoms with Crippen LogP contribution in [0.2, 0.25) is 0 Å². The van der Waals surface area contributed by atoms with Crippen molar-refractivity contribution in [3.05, 3.63) is 0 Å². The van der Waals surface area contributed by atoms with Crippen LogP contribution in [0.1, 0.15) is 12.8 Å². The molecule has 0 radical (unpaired) electrons. The second kappa shape index (κ2) is 5.20. The number of nitrogens with zero attached hydrogens (tertiary/aromatic N) is 1. The Kier molecular flexibility index (Phi) is 4.45. The zero-order valence-electron chi connectivity index (χ0n) is 8.77. The lowest BCUT2D eigenvalue weighted by Gasteiger charge is -2.15. The van der Waals surface area contributed by atoms with Gasteiger partial charge in [-0.1, -0.05) is 12.2 Å². The van der Waals surface area contributed by atoms with Crippen molar-refractivity contribution in [3.63, 3.8) is 0 Å². The number of hydrogen-bond acceptors (Lipinski definition) is 4. The van der Waals surface area contributed by atoms with Gasteiger partial charge in [-0.3, -0.25) is 0 Å². The van der Waals surface area contributed by atoms with Crippen LogP contribution in [0.4, 0.5) is 0 Å². The van der Waals surface area contributed by atoms with Crippen LogP contribution in [0.15, 0.2) is 0 Å². The molecule has 88 valence electrons. The van der Waals surface area contributed by atoms with Gasteiger partial charge in [0.25, 0.3) is 0 Å². The van der Waals surface area contributed by atoms with Crippen LogP contribution in [0.3, 0.4) is 0 Å². The molecule has 0 atom stereocenters. The summed E-state index contributed by atoms with van der Waals surface area (Å²) >= 11 is 4.55. The van der Waals surface area contributed by atoms with Gasteiger partial charge >= 0.3 is 0 Å². The van der Waals surface area contributed by atoms with E-state index in [0.717, 1.165) is 6.54 Å². The van der Waals surface area contributed by atoms with Gasteiger partial charge in [0.05, 0.1) is 4.99 Å². The van der Waals surface area contributed by atoms with E-state index in [4.69, 9.17) is 5.73 Å². The molecule has 0 spiro atoms. The van der Waals surface area contributed by atoms with Crippen molar-refractivity contribution in [2.45, 2.75) is 18.9 Å². The zero-order valence-corrected chi connectivity index (χ0v) is 10.4. The predicted molar refractivity (Wildman–Crippen MR) is 64.2 cm³/mol. The van der Waals surface area contributed by atoms with Gasteiger partial charge in [-0.05, 0) is 19.9 Å². The van der Waals surface area contributed by atoms with Gasteiger partial charge in [0.15, 0.2) is 0 Å². The van der Waals surface area contributed by atoms with Crippen LogP contribution in [-0.4, -0.2) is 50.2 Å². The van der Waals surface area contributed by atoms with E-state index in [1.165, 1.54) is 12.8 Å². The molecule has 0 aliphatic heterocycles. The average molecular weight is 251 g/mol. The first kappa shape index (κ1) is 12.8. The number of hydrogen-bond donors (Lipinski definition) is 2. The molecule has 0 saturated heterocycles. The van der Waals surface area contributed by atoms with Crippen molar-refractivity contribution in [2.24, 2.45) is 5.73 Å². The molecule has 0 aromatic carbocycles. The van der Waals surface area contributed by atoms with Gasteiger partial charge in [-0.15, -0.1) is 0 Å². The Bertz CT molecular complexity index is 325. The van der Waals surface area contributed by atoms with E-state index in [9.17, 15) is 8.42 Å². The second-order valence-electron chi connectivity index (χ2n) is 3.83. The molecule has 0 amide bonds. The minimum absolute atomic E-state index is 0.00181. The summed E-state index contributed by atoms with van der Waals surface area (Å²) in [7, 11) is -1.33. The Morgan fingerprint density at radius 2 is 2.20 bits per heavy atom. The molecule has 7 heteroatoms. The van der Waals surface area contributed by atoms with E-state index in [1.54, 1.807) is 0 Å². The fraction of sp³-hybridized carbons (Fsp3) is 0.875. The van der Waals surface area contributed by atoms with Crippen LogP contribution in [0.25, 0.3) is 0 Å². The number of likely N-dealkylation sites (N-methyl/N-ethyl adjacent to an activating group) is 1. The number of thiocarbonyl (C=S) groups is 1. The zero-order chi connectivity index (χ0) is 11.5. The van der Waals surface area contributed by atoms with Crippen molar-refractivity contribution in [3.8, 4) is 0 Å². The Hall–Kier alpha value is -0.240. The number of nitrogens with one attached hydrogen (secondary N) is 1. The highest BCUT2D eigenvalue weighted by Crippen LogP contribution is 2.24. The summed E-state index contributed by atoms with van der Waals surface area (Å²) in [5.41, 5.74) is 5.17. The molecule has 1 aliphatic rings. The summed E-state index contributed by atoms with van der Waals surface area (Å²) in [5.74, 6) is -0.268. The smallest absolute Gasteiger partial charge is 0.218 e. The van der Waals surface area contributed by atoms with Gasteiger partial charge in [0, 0.05) is 19.1 Å². The monoisotopic (exact) mass is 251 g/mol. The highest BCUT2D eigenvalue weighted by Gasteiger charge is 2.25. The number of nitrogens with two attached hydrogens (primary N) is 1. The van der Waals surface area contributed by atoms with Gasteiger partial charge in [0.1, 0.15) is 5.75 Å². The molecule has 0 bridgehead atoms. The van der Waals surface area contributed by atoms with Crippen molar-refractivity contribution in [1.82, 2.24) is 9.62 Å². The first-order chi connectivity index (χ1) is 6.91. The topological polar surface area (TPSA) is 75.4 Å². The molecule has 3 N–H and O–H groups in total. The molecule has 15 heavy (non-hydrogen) atoms. The maximum Gasteiger partial charge on any atom is 0.218 e. The quantitative estimate of drug-likeness (QED) is 0.584. The first-order valence-corrected chi connectivity index (χ1v) is 6.92. The van der Waals surface area contributed by atoms with E-state index in [0.29, 0.717) is 12.6 Å². The van der Waals surface area contributed by atoms with Gasteiger partial charge in [-0.25, -0.2) is 13.1 Å². The Morgan fingerprint density at radius 3 is 2.67 bits per heavy atom. The summed E-state index contributed by atoms with van der Waals surface area (Å²) < 4.78 is 25.1. The molecule has 1 fully saturated rings. The highest BCUT2D eigenvalue weighted by molar-refractivity contribution is 7.92. The minimum Gasteiger partial charge on any atom is -0.392 e. The normalized spacial score (nSPS) is 16.9. The number of rotatable bonds is 7. The Morgan fingerprint density at radius 1 is 1.60 bits per heavy atom. The Balaban J connectivity index is 2.20. The van der Waals surface area contributed by atoms with Gasteiger partial charge in [-0.2, -0.15) is 0 Å². The van der Waals surface area contributed by atoms with E-state index in [1.807, 2.05) is 7.05 Å². The van der Waals surface area contributed by atoms with Gasteiger partial charge in [0.2, 0.25) is 10.0 Å². The SMILES string of the molecule is CN(CCNS(=O)(=O)CC(N)=S)C1CC1. The highest BCUT2D eigenvalue weighted by atomic mass is 32.2. The van der Waals surface area contributed by atoms with Crippen molar-refractivity contribution in [2.75, 3.05) is 25.9 Å². The van der Waals surface area contributed by atoms with Crippen LogP contribution in [-0.2, 0) is 10.0 Å². The molecular weight excluding hydrogens is 234 g/mol. The van der Waals surface area contributed by atoms with Crippen LogP contribution < -0.4 is 10.5 Å². The third kappa shape index (κ3) is 5.41. The fourth-order valence-corrected chi connectivity index (χ4v) is 2.66. The lowest BCUT2D eigenvalue weighted by atomic mass is 10.5. The maximum absolute atomic E-state index is 11.3. The van der Waals surface area contributed by atoms with Crippen molar-refractivity contribution >= 4 is 27.2 Å². The third-order valence-corrected chi connectivity index (χ3v) is 3.95.